The van der Waals surface area contributed by atoms with E-state index in [1.165, 1.54) is 77.0 Å². The van der Waals surface area contributed by atoms with E-state index in [2.05, 4.69) is 111 Å². The minimum absolute atomic E-state index is 0. The summed E-state index contributed by atoms with van der Waals surface area (Å²) in [4.78, 5) is 0. The zero-order valence-corrected chi connectivity index (χ0v) is 63.6. The van der Waals surface area contributed by atoms with E-state index in [1.54, 1.807) is 0 Å². The second-order valence-electron chi connectivity index (χ2n) is 18.4. The summed E-state index contributed by atoms with van der Waals surface area (Å²) in [6.45, 7) is 35.7. The SMILES string of the molecule is CC1(C)CCCC(C)(C)[N-]1.CC1(C)CCCC(C)(C)[N-]1.CC1(C)CCCC(C)(C)[N-]1.CC1(C)CCCC(C)(C)[N-]1.[Cl-].[Cl-].[Cl-].[Cl-].[Cl-].[Cl-].[Cl-].[Cl-].[Cl-].[Cl-].[Cl-].[Cl-].[Cl-].[Cl-].[Li+].[Li+].[Li+].[Li+].[Li+].[Li+].[Mg+2].[Mg+2].[Mg+2].[Mg+2].[Zr+4]. The molecule has 0 atom stereocenters. The van der Waals surface area contributed by atoms with Crippen molar-refractivity contribution in [2.24, 2.45) is 0 Å². The van der Waals surface area contributed by atoms with Crippen molar-refractivity contribution in [1.29, 1.82) is 0 Å². The quantitative estimate of drug-likeness (QED) is 0.217. The molecule has 0 aromatic rings. The zero-order chi connectivity index (χ0) is 31.3. The first-order valence-electron chi connectivity index (χ1n) is 16.6. The molecule has 0 spiro atoms. The van der Waals surface area contributed by atoms with Gasteiger partial charge in [0.25, 0.3) is 0 Å². The maximum absolute atomic E-state index is 4.75. The molecule has 0 amide bonds. The number of nitrogens with zero attached hydrogens (tertiary/aromatic N) is 4. The van der Waals surface area contributed by atoms with Crippen molar-refractivity contribution in [3.8, 4) is 0 Å². The molecule has 4 heterocycles. The standard InChI is InChI=1S/4C9H18N.14ClH.6Li.4Mg.Zr/c4*1-8(2)6-5-7-9(3,4)10-8;;;;;;;;;;;;;;;;;;;;;;;;;/h4*5-7H2,1-4H3;14*1H;;;;;;;;;;;/q4*-1;;;;;;;;;;;;;;;6*+1;4*+2;+4/p-14. The third kappa shape index (κ3) is 89.5. The summed E-state index contributed by atoms with van der Waals surface area (Å²) in [6, 6.07) is 0. The molecule has 0 N–H and O–H groups in total. The van der Waals surface area contributed by atoms with Crippen molar-refractivity contribution in [3.05, 3.63) is 21.3 Å². The molecule has 4 saturated heterocycles. The largest absolute Gasteiger partial charge is 4.00 e. The van der Waals surface area contributed by atoms with E-state index in [9.17, 15) is 0 Å². The molecule has 352 valence electrons. The van der Waals surface area contributed by atoms with Gasteiger partial charge in [0.05, 0.1) is 0 Å². The number of hydrogen-bond acceptors (Lipinski definition) is 0. The smallest absolute Gasteiger partial charge is 1.00 e. The molecule has 0 unspecified atom stereocenters. The molecule has 0 aromatic carbocycles. The Hall–Kier alpha value is 11.4. The van der Waals surface area contributed by atoms with Gasteiger partial charge in [-0.25, -0.2) is 0 Å². The fourth-order valence-corrected chi connectivity index (χ4v) is 7.54. The minimum Gasteiger partial charge on any atom is -1.00 e. The number of hydrogen-bond donors (Lipinski definition) is 0. The zero-order valence-electron chi connectivity index (χ0n) is 44.9. The van der Waals surface area contributed by atoms with Crippen LogP contribution in [0.25, 0.3) is 21.3 Å². The summed E-state index contributed by atoms with van der Waals surface area (Å²) in [7, 11) is 0. The van der Waals surface area contributed by atoms with Gasteiger partial charge in [-0.15, -0.1) is 44.3 Å². The van der Waals surface area contributed by atoms with E-state index in [0.717, 1.165) is 0 Å². The molecule has 0 bridgehead atoms. The van der Waals surface area contributed by atoms with Crippen LogP contribution in [0.1, 0.15) is 188 Å². The average Bonchev–Trinajstić information content (AvgIpc) is 2.61. The third-order valence-electron chi connectivity index (χ3n) is 8.73. The van der Waals surface area contributed by atoms with Crippen molar-refractivity contribution in [1.82, 2.24) is 0 Å². The van der Waals surface area contributed by atoms with Crippen LogP contribution in [0.4, 0.5) is 0 Å². The van der Waals surface area contributed by atoms with Gasteiger partial charge in [0, 0.05) is 0 Å². The summed E-state index contributed by atoms with van der Waals surface area (Å²) in [5, 5.41) is 19.0. The summed E-state index contributed by atoms with van der Waals surface area (Å²) < 4.78 is 0. The molecule has 0 saturated carbocycles. The number of rotatable bonds is 0. The van der Waals surface area contributed by atoms with E-state index in [1.807, 2.05) is 0 Å². The summed E-state index contributed by atoms with van der Waals surface area (Å²) in [6.07, 6.45) is 15.4. The van der Waals surface area contributed by atoms with Crippen LogP contribution in [-0.2, 0) is 26.2 Å². The second-order valence-corrected chi connectivity index (χ2v) is 18.4. The predicted octanol–water partition coefficient (Wildman–Crippen LogP) is -49.0. The van der Waals surface area contributed by atoms with E-state index >= 15 is 0 Å². The monoisotopic (exact) mass is 1280 g/mol. The second kappa shape index (κ2) is 73.4. The topological polar surface area (TPSA) is 56.4 Å². The van der Waals surface area contributed by atoms with Gasteiger partial charge in [0.1, 0.15) is 0 Å². The Labute approximate surface area is 647 Å². The average molecular weight is 1290 g/mol. The summed E-state index contributed by atoms with van der Waals surface area (Å²) >= 11 is 0. The van der Waals surface area contributed by atoms with E-state index in [4.69, 9.17) is 21.3 Å². The Morgan fingerprint density at radius 3 is 0.292 bits per heavy atom. The van der Waals surface area contributed by atoms with Crippen LogP contribution in [0.2, 0.25) is 0 Å². The van der Waals surface area contributed by atoms with Crippen molar-refractivity contribution < 1.29 is 313 Å². The van der Waals surface area contributed by atoms with Crippen LogP contribution in [0.15, 0.2) is 0 Å². The third-order valence-corrected chi connectivity index (χ3v) is 8.73. The number of piperidine rings is 4. The van der Waals surface area contributed by atoms with Gasteiger partial charge in [0.2, 0.25) is 0 Å². The van der Waals surface area contributed by atoms with Crippen LogP contribution >= 0.6 is 0 Å². The van der Waals surface area contributed by atoms with Crippen LogP contribution in [-0.4, -0.2) is 137 Å². The maximum atomic E-state index is 4.75. The first-order valence-corrected chi connectivity index (χ1v) is 16.6. The molecule has 0 aromatic heterocycles. The van der Waals surface area contributed by atoms with Crippen molar-refractivity contribution in [2.75, 3.05) is 0 Å². The molecule has 29 heteroatoms. The molecule has 4 nitrogen and oxygen atoms in total. The van der Waals surface area contributed by atoms with Crippen LogP contribution in [0.3, 0.4) is 0 Å². The normalized spacial score (nSPS) is 18.5. The van der Waals surface area contributed by atoms with Gasteiger partial charge < -0.3 is 195 Å². The van der Waals surface area contributed by atoms with Crippen molar-refractivity contribution in [3.63, 3.8) is 0 Å². The van der Waals surface area contributed by atoms with Crippen LogP contribution in [0.5, 0.6) is 0 Å². The Morgan fingerprint density at radius 2 is 0.262 bits per heavy atom. The van der Waals surface area contributed by atoms with Gasteiger partial charge in [-0.3, -0.25) is 0 Å². The Morgan fingerprint density at radius 1 is 0.200 bits per heavy atom. The van der Waals surface area contributed by atoms with Gasteiger partial charge in [-0.05, 0) is 0 Å². The molecule has 0 aliphatic carbocycles. The summed E-state index contributed by atoms with van der Waals surface area (Å²) in [5.74, 6) is 0. The fourth-order valence-electron chi connectivity index (χ4n) is 7.54. The Balaban J connectivity index is -0.0000000126. The first-order chi connectivity index (χ1) is 17.7. The minimum atomic E-state index is 0. The van der Waals surface area contributed by atoms with Gasteiger partial charge in [-0.2, -0.15) is 0 Å². The molecular weight excluding hydrogens is 1210 g/mol. The molecule has 4 rings (SSSR count). The molecular formula is C36H72Cl14Li6Mg4N4Zr. The maximum Gasteiger partial charge on any atom is 4.00 e. The first kappa shape index (κ1) is 164. The van der Waals surface area contributed by atoms with Gasteiger partial charge >= 0.3 is 232 Å². The number of halogens is 14. The Bertz CT molecular complexity index is 673. The van der Waals surface area contributed by atoms with E-state index < -0.39 is 0 Å². The van der Waals surface area contributed by atoms with Crippen molar-refractivity contribution in [2.45, 2.75) is 232 Å². The van der Waals surface area contributed by atoms with Crippen LogP contribution < -0.4 is 287 Å². The molecule has 4 aliphatic rings. The predicted molar refractivity (Wildman–Crippen MR) is 204 cm³/mol. The molecule has 4 fully saturated rings. The fraction of sp³-hybridized carbons (Fsp3) is 1.00. The van der Waals surface area contributed by atoms with Gasteiger partial charge in [0.15, 0.2) is 0 Å². The van der Waals surface area contributed by atoms with E-state index in [-0.39, 0.29) is 450 Å². The summed E-state index contributed by atoms with van der Waals surface area (Å²) in [5.41, 5.74) is 1.90. The Kier molecular flexibility index (Phi) is 186. The molecule has 4 aliphatic heterocycles. The molecule has 0 radical (unpaired) electrons. The molecule has 65 heavy (non-hydrogen) atoms. The van der Waals surface area contributed by atoms with E-state index in [0.29, 0.717) is 0 Å². The van der Waals surface area contributed by atoms with Crippen molar-refractivity contribution >= 4 is 92.2 Å². The van der Waals surface area contributed by atoms with Gasteiger partial charge in [-0.1, -0.05) is 188 Å². The van der Waals surface area contributed by atoms with Crippen LogP contribution in [0, 0.1) is 0 Å².